The predicted molar refractivity (Wildman–Crippen MR) is 28.7 cm³/mol. The Labute approximate surface area is 52.9 Å². The molecule has 2 atom stereocenters. The van der Waals surface area contributed by atoms with E-state index in [1.807, 2.05) is 0 Å². The van der Waals surface area contributed by atoms with Crippen molar-refractivity contribution in [2.45, 2.75) is 25.2 Å². The molecule has 2 N–H and O–H groups in total. The van der Waals surface area contributed by atoms with Crippen LogP contribution in [0.4, 0.5) is 0 Å². The Hall–Kier alpha value is -0.160. The highest BCUT2D eigenvalue weighted by atomic mass is 17.1. The van der Waals surface area contributed by atoms with E-state index in [0.717, 1.165) is 12.8 Å². The minimum Gasteiger partial charge on any atom is -0.373 e. The van der Waals surface area contributed by atoms with Gasteiger partial charge in [0.05, 0.1) is 0 Å². The summed E-state index contributed by atoms with van der Waals surface area (Å²) >= 11 is 0. The molecule has 0 radical (unpaired) electrons. The zero-order valence-electron chi connectivity index (χ0n) is 4.99. The first-order valence-electron chi connectivity index (χ1n) is 2.94. The number of aliphatic hydroxyl groups excluding tert-OH is 1. The molecule has 0 spiro atoms. The molecule has 0 amide bonds. The van der Waals surface area contributed by atoms with Gasteiger partial charge in [0.15, 0.2) is 0 Å². The summed E-state index contributed by atoms with van der Waals surface area (Å²) in [4.78, 5) is 3.66. The molecule has 1 rings (SSSR count). The molecule has 0 aromatic carbocycles. The lowest BCUT2D eigenvalue weighted by atomic mass is 10.2. The second-order valence-electron chi connectivity index (χ2n) is 2.05. The molecule has 4 heteroatoms. The number of ether oxygens (including phenoxy) is 1. The van der Waals surface area contributed by atoms with Gasteiger partial charge in [-0.2, -0.15) is 0 Å². The Morgan fingerprint density at radius 3 is 2.89 bits per heavy atom. The zero-order valence-corrected chi connectivity index (χ0v) is 4.99. The van der Waals surface area contributed by atoms with Crippen LogP contribution in [0.3, 0.4) is 0 Å². The largest absolute Gasteiger partial charge is 0.373 e. The Morgan fingerprint density at radius 1 is 1.67 bits per heavy atom. The third-order valence-corrected chi connectivity index (χ3v) is 1.39. The van der Waals surface area contributed by atoms with E-state index >= 15 is 0 Å². The van der Waals surface area contributed by atoms with Gasteiger partial charge in [0.2, 0.25) is 6.29 Å². The number of rotatable bonds is 2. The van der Waals surface area contributed by atoms with Crippen molar-refractivity contribution in [3.8, 4) is 0 Å². The molecule has 1 fully saturated rings. The summed E-state index contributed by atoms with van der Waals surface area (Å²) < 4.78 is 4.97. The van der Waals surface area contributed by atoms with Crippen LogP contribution in [0.2, 0.25) is 0 Å². The van der Waals surface area contributed by atoms with Crippen molar-refractivity contribution in [3.63, 3.8) is 0 Å². The van der Waals surface area contributed by atoms with Crippen molar-refractivity contribution >= 4 is 0 Å². The summed E-state index contributed by atoms with van der Waals surface area (Å²) in [5.74, 6) is 0. The number of hydrogen-bond acceptors (Lipinski definition) is 4. The van der Waals surface area contributed by atoms with Gasteiger partial charge in [0.1, 0.15) is 6.10 Å². The summed E-state index contributed by atoms with van der Waals surface area (Å²) in [6.07, 6.45) is 0.162. The summed E-state index contributed by atoms with van der Waals surface area (Å²) in [5, 5.41) is 16.7. The van der Waals surface area contributed by atoms with E-state index in [1.54, 1.807) is 0 Å². The van der Waals surface area contributed by atoms with Crippen molar-refractivity contribution in [1.82, 2.24) is 0 Å². The maximum Gasteiger partial charge on any atom is 0.214 e. The Morgan fingerprint density at radius 2 is 2.44 bits per heavy atom. The van der Waals surface area contributed by atoms with Crippen LogP contribution in [0, 0.1) is 0 Å². The highest BCUT2D eigenvalue weighted by Crippen LogP contribution is 2.15. The van der Waals surface area contributed by atoms with E-state index in [9.17, 15) is 0 Å². The SMILES string of the molecule is OOC(O)C1CCCO1. The normalized spacial score (nSPS) is 30.7. The van der Waals surface area contributed by atoms with Gasteiger partial charge in [-0.05, 0) is 12.8 Å². The molecule has 0 aromatic heterocycles. The summed E-state index contributed by atoms with van der Waals surface area (Å²) in [6, 6.07) is 0. The first-order chi connectivity index (χ1) is 4.34. The van der Waals surface area contributed by atoms with E-state index in [2.05, 4.69) is 4.89 Å². The van der Waals surface area contributed by atoms with Crippen molar-refractivity contribution < 1.29 is 20.0 Å². The predicted octanol–water partition coefficient (Wildman–Crippen LogP) is -0.0266. The highest BCUT2D eigenvalue weighted by Gasteiger charge is 2.24. The van der Waals surface area contributed by atoms with E-state index in [0.29, 0.717) is 6.61 Å². The Bertz CT molecular complexity index is 79.0. The van der Waals surface area contributed by atoms with Gasteiger partial charge in [0, 0.05) is 6.61 Å². The first kappa shape index (κ1) is 6.95. The Kier molecular flexibility index (Phi) is 2.41. The van der Waals surface area contributed by atoms with Gasteiger partial charge in [-0.15, -0.1) is 0 Å². The van der Waals surface area contributed by atoms with Crippen LogP contribution >= 0.6 is 0 Å². The molecule has 0 aliphatic carbocycles. The summed E-state index contributed by atoms with van der Waals surface area (Å²) in [6.45, 7) is 0.644. The molecule has 4 nitrogen and oxygen atoms in total. The quantitative estimate of drug-likeness (QED) is 0.316. The van der Waals surface area contributed by atoms with Crippen molar-refractivity contribution in [1.29, 1.82) is 0 Å². The fraction of sp³-hybridized carbons (Fsp3) is 1.00. The second kappa shape index (κ2) is 3.12. The van der Waals surface area contributed by atoms with E-state index in [-0.39, 0.29) is 6.10 Å². The smallest absolute Gasteiger partial charge is 0.214 e. The molecule has 2 unspecified atom stereocenters. The van der Waals surface area contributed by atoms with Crippen LogP contribution in [-0.4, -0.2) is 29.4 Å². The molecule has 9 heavy (non-hydrogen) atoms. The lowest BCUT2D eigenvalue weighted by Gasteiger charge is -2.12. The fourth-order valence-electron chi connectivity index (χ4n) is 0.895. The first-order valence-corrected chi connectivity index (χ1v) is 2.94. The fourth-order valence-corrected chi connectivity index (χ4v) is 0.895. The van der Waals surface area contributed by atoms with Gasteiger partial charge in [0.25, 0.3) is 0 Å². The maximum absolute atomic E-state index is 8.76. The Balaban J connectivity index is 2.24. The third-order valence-electron chi connectivity index (χ3n) is 1.39. The lowest BCUT2D eigenvalue weighted by molar-refractivity contribution is -0.354. The monoisotopic (exact) mass is 134 g/mol. The third kappa shape index (κ3) is 1.62. The summed E-state index contributed by atoms with van der Waals surface area (Å²) in [7, 11) is 0. The lowest BCUT2D eigenvalue weighted by Crippen LogP contribution is -2.26. The van der Waals surface area contributed by atoms with Crippen LogP contribution in [0.25, 0.3) is 0 Å². The molecule has 0 saturated carbocycles. The highest BCUT2D eigenvalue weighted by molar-refractivity contribution is 4.65. The van der Waals surface area contributed by atoms with Crippen LogP contribution in [0.1, 0.15) is 12.8 Å². The van der Waals surface area contributed by atoms with E-state index in [4.69, 9.17) is 15.1 Å². The minimum atomic E-state index is -1.17. The van der Waals surface area contributed by atoms with Crippen molar-refractivity contribution in [2.75, 3.05) is 6.61 Å². The van der Waals surface area contributed by atoms with Gasteiger partial charge >= 0.3 is 0 Å². The average Bonchev–Trinajstić information content (AvgIpc) is 2.37. The minimum absolute atomic E-state index is 0.338. The van der Waals surface area contributed by atoms with Gasteiger partial charge in [-0.1, -0.05) is 0 Å². The molecular formula is C5H10O4. The van der Waals surface area contributed by atoms with Gasteiger partial charge in [-0.3, -0.25) is 0 Å². The van der Waals surface area contributed by atoms with Crippen LogP contribution in [0.15, 0.2) is 0 Å². The van der Waals surface area contributed by atoms with Crippen molar-refractivity contribution in [3.05, 3.63) is 0 Å². The average molecular weight is 134 g/mol. The molecule has 54 valence electrons. The molecule has 1 aliphatic rings. The summed E-state index contributed by atoms with van der Waals surface area (Å²) in [5.41, 5.74) is 0. The van der Waals surface area contributed by atoms with Crippen LogP contribution in [0.5, 0.6) is 0 Å². The standard InChI is InChI=1S/C5H10O4/c6-5(9-7)4-2-1-3-8-4/h4-7H,1-3H2. The maximum atomic E-state index is 8.76. The van der Waals surface area contributed by atoms with Gasteiger partial charge in [-0.25, -0.2) is 10.1 Å². The molecule has 1 aliphatic heterocycles. The molecule has 0 aromatic rings. The zero-order chi connectivity index (χ0) is 6.69. The molecule has 1 heterocycles. The molecular weight excluding hydrogens is 124 g/mol. The molecule has 1 saturated heterocycles. The number of hydrogen-bond donors (Lipinski definition) is 2. The topological polar surface area (TPSA) is 58.9 Å². The van der Waals surface area contributed by atoms with E-state index < -0.39 is 6.29 Å². The van der Waals surface area contributed by atoms with Crippen LogP contribution in [-0.2, 0) is 9.62 Å². The van der Waals surface area contributed by atoms with E-state index in [1.165, 1.54) is 0 Å². The van der Waals surface area contributed by atoms with Crippen LogP contribution < -0.4 is 0 Å². The second-order valence-corrected chi connectivity index (χ2v) is 2.05. The van der Waals surface area contributed by atoms with Gasteiger partial charge < -0.3 is 9.84 Å². The molecule has 0 bridgehead atoms. The number of aliphatic hydroxyl groups is 1. The van der Waals surface area contributed by atoms with Crippen molar-refractivity contribution in [2.24, 2.45) is 0 Å².